The van der Waals surface area contributed by atoms with Gasteiger partial charge in [-0.3, -0.25) is 24.2 Å². The van der Waals surface area contributed by atoms with Crippen LogP contribution in [0.2, 0.25) is 0 Å². The fraction of sp³-hybridized carbons (Fsp3) is 0.364. The fourth-order valence-electron chi connectivity index (χ4n) is 3.83. The standard InChI is InChI=1S/C22H25N5O3/c1-16(2)18-8-6-17(7-9-18)15-24-11-13-25(14-12-24)21-20(27(29)30)22(28)26-10-4-3-5-19(26)23-21/h3-10,16H,11-15H2,1-2H3. The number of benzene rings is 1. The van der Waals surface area contributed by atoms with E-state index in [1.54, 1.807) is 18.2 Å². The first-order chi connectivity index (χ1) is 14.4. The van der Waals surface area contributed by atoms with Crippen LogP contribution in [0.5, 0.6) is 0 Å². The summed E-state index contributed by atoms with van der Waals surface area (Å²) in [5.74, 6) is 0.675. The van der Waals surface area contributed by atoms with Crippen molar-refractivity contribution >= 4 is 17.2 Å². The normalized spacial score (nSPS) is 15.1. The van der Waals surface area contributed by atoms with Crippen LogP contribution in [0.4, 0.5) is 11.5 Å². The molecule has 1 aromatic carbocycles. The highest BCUT2D eigenvalue weighted by atomic mass is 16.6. The molecule has 0 radical (unpaired) electrons. The van der Waals surface area contributed by atoms with Crippen molar-refractivity contribution in [3.63, 3.8) is 0 Å². The Bertz CT molecular complexity index is 1120. The van der Waals surface area contributed by atoms with Crippen LogP contribution in [-0.4, -0.2) is 45.4 Å². The minimum absolute atomic E-state index is 0.164. The molecule has 3 aromatic rings. The van der Waals surface area contributed by atoms with Gasteiger partial charge >= 0.3 is 11.2 Å². The number of hydrogen-bond donors (Lipinski definition) is 0. The lowest BCUT2D eigenvalue weighted by atomic mass is 10.0. The van der Waals surface area contributed by atoms with Gasteiger partial charge < -0.3 is 4.90 Å². The maximum Gasteiger partial charge on any atom is 0.376 e. The van der Waals surface area contributed by atoms with Gasteiger partial charge in [0, 0.05) is 38.9 Å². The topological polar surface area (TPSA) is 84.0 Å². The molecular weight excluding hydrogens is 382 g/mol. The zero-order chi connectivity index (χ0) is 21.3. The molecule has 156 valence electrons. The predicted molar refractivity (Wildman–Crippen MR) is 116 cm³/mol. The second-order valence-corrected chi connectivity index (χ2v) is 7.93. The van der Waals surface area contributed by atoms with Gasteiger partial charge in [-0.05, 0) is 29.2 Å². The highest BCUT2D eigenvalue weighted by molar-refractivity contribution is 5.61. The van der Waals surface area contributed by atoms with Crippen LogP contribution in [0, 0.1) is 10.1 Å². The van der Waals surface area contributed by atoms with Crippen molar-refractivity contribution in [3.05, 3.63) is 80.3 Å². The van der Waals surface area contributed by atoms with Crippen molar-refractivity contribution in [1.82, 2.24) is 14.3 Å². The van der Waals surface area contributed by atoms with E-state index in [0.717, 1.165) is 19.6 Å². The molecule has 0 saturated carbocycles. The smallest absolute Gasteiger partial charge is 0.348 e. The largest absolute Gasteiger partial charge is 0.376 e. The van der Waals surface area contributed by atoms with Gasteiger partial charge in [-0.1, -0.05) is 44.2 Å². The van der Waals surface area contributed by atoms with E-state index in [-0.39, 0.29) is 5.82 Å². The van der Waals surface area contributed by atoms with Gasteiger partial charge in [-0.2, -0.15) is 0 Å². The predicted octanol–water partition coefficient (Wildman–Crippen LogP) is 3.05. The number of nitro groups is 1. The molecule has 0 N–H and O–H groups in total. The molecule has 2 aromatic heterocycles. The van der Waals surface area contributed by atoms with Gasteiger partial charge in [0.2, 0.25) is 5.82 Å². The summed E-state index contributed by atoms with van der Waals surface area (Å²) >= 11 is 0. The summed E-state index contributed by atoms with van der Waals surface area (Å²) in [6.07, 6.45) is 1.50. The number of pyridine rings is 1. The first kappa shape index (κ1) is 20.0. The average molecular weight is 407 g/mol. The number of fused-ring (bicyclic) bond motifs is 1. The van der Waals surface area contributed by atoms with Crippen LogP contribution in [0.15, 0.2) is 53.5 Å². The first-order valence-corrected chi connectivity index (χ1v) is 10.2. The van der Waals surface area contributed by atoms with Crippen molar-refractivity contribution in [1.29, 1.82) is 0 Å². The zero-order valence-electron chi connectivity index (χ0n) is 17.2. The molecule has 0 spiro atoms. The highest BCUT2D eigenvalue weighted by Gasteiger charge is 2.29. The van der Waals surface area contributed by atoms with Gasteiger partial charge in [0.05, 0.1) is 4.92 Å². The maximum absolute atomic E-state index is 12.7. The van der Waals surface area contributed by atoms with Crippen molar-refractivity contribution < 1.29 is 4.92 Å². The van der Waals surface area contributed by atoms with Crippen molar-refractivity contribution in [2.45, 2.75) is 26.3 Å². The summed E-state index contributed by atoms with van der Waals surface area (Å²) in [5, 5.41) is 11.6. The highest BCUT2D eigenvalue weighted by Crippen LogP contribution is 2.24. The Kier molecular flexibility index (Phi) is 5.50. The van der Waals surface area contributed by atoms with Crippen LogP contribution < -0.4 is 10.5 Å². The van der Waals surface area contributed by atoms with E-state index >= 15 is 0 Å². The Labute approximate surface area is 174 Å². The maximum atomic E-state index is 12.7. The molecule has 0 amide bonds. The van der Waals surface area contributed by atoms with Crippen LogP contribution >= 0.6 is 0 Å². The van der Waals surface area contributed by atoms with Gasteiger partial charge in [0.1, 0.15) is 5.65 Å². The minimum Gasteiger partial charge on any atom is -0.348 e. The summed E-state index contributed by atoms with van der Waals surface area (Å²) in [5.41, 5.74) is 1.88. The van der Waals surface area contributed by atoms with Crippen LogP contribution in [0.1, 0.15) is 30.9 Å². The molecular formula is C22H25N5O3. The fourth-order valence-corrected chi connectivity index (χ4v) is 3.83. The lowest BCUT2D eigenvalue weighted by Gasteiger charge is -2.35. The van der Waals surface area contributed by atoms with Crippen molar-refractivity contribution in [2.75, 3.05) is 31.1 Å². The zero-order valence-corrected chi connectivity index (χ0v) is 17.2. The SMILES string of the molecule is CC(C)c1ccc(CN2CCN(c3nc4ccccn4c(=O)c3[N+](=O)[O-])CC2)cc1. The van der Waals surface area contributed by atoms with E-state index in [9.17, 15) is 14.9 Å². The third-order valence-electron chi connectivity index (χ3n) is 5.60. The molecule has 1 aliphatic rings. The van der Waals surface area contributed by atoms with Gasteiger partial charge in [0.15, 0.2) is 0 Å². The second kappa shape index (κ2) is 8.23. The molecule has 0 atom stereocenters. The molecule has 4 rings (SSSR count). The molecule has 8 nitrogen and oxygen atoms in total. The second-order valence-electron chi connectivity index (χ2n) is 7.93. The van der Waals surface area contributed by atoms with Crippen molar-refractivity contribution in [2.24, 2.45) is 0 Å². The number of rotatable bonds is 5. The summed E-state index contributed by atoms with van der Waals surface area (Å²) in [4.78, 5) is 32.3. The Morgan fingerprint density at radius 3 is 2.40 bits per heavy atom. The van der Waals surface area contributed by atoms with Crippen LogP contribution in [0.3, 0.4) is 0 Å². The Hall–Kier alpha value is -3.26. The van der Waals surface area contributed by atoms with Crippen LogP contribution in [-0.2, 0) is 6.54 Å². The van der Waals surface area contributed by atoms with Crippen LogP contribution in [0.25, 0.3) is 5.65 Å². The van der Waals surface area contributed by atoms with E-state index in [1.165, 1.54) is 21.7 Å². The number of aromatic nitrogens is 2. The third-order valence-corrected chi connectivity index (χ3v) is 5.60. The quantitative estimate of drug-likeness (QED) is 0.477. The molecule has 8 heteroatoms. The molecule has 1 fully saturated rings. The van der Waals surface area contributed by atoms with Crippen molar-refractivity contribution in [3.8, 4) is 0 Å². The average Bonchev–Trinajstić information content (AvgIpc) is 2.74. The molecule has 0 aliphatic carbocycles. The molecule has 0 unspecified atom stereocenters. The van der Waals surface area contributed by atoms with E-state index in [0.29, 0.717) is 24.7 Å². The number of nitrogens with zero attached hydrogens (tertiary/aromatic N) is 5. The molecule has 3 heterocycles. The lowest BCUT2D eigenvalue weighted by molar-refractivity contribution is -0.385. The molecule has 1 saturated heterocycles. The lowest BCUT2D eigenvalue weighted by Crippen LogP contribution is -2.47. The Morgan fingerprint density at radius 1 is 1.07 bits per heavy atom. The Morgan fingerprint density at radius 2 is 1.77 bits per heavy atom. The number of anilines is 1. The number of hydrogen-bond acceptors (Lipinski definition) is 6. The Balaban J connectivity index is 1.51. The third kappa shape index (κ3) is 3.91. The monoisotopic (exact) mass is 407 g/mol. The van der Waals surface area contributed by atoms with E-state index < -0.39 is 16.2 Å². The summed E-state index contributed by atoms with van der Waals surface area (Å²) in [7, 11) is 0. The van der Waals surface area contributed by atoms with E-state index in [1.807, 2.05) is 4.90 Å². The van der Waals surface area contributed by atoms with E-state index in [2.05, 4.69) is 48.0 Å². The molecule has 1 aliphatic heterocycles. The van der Waals surface area contributed by atoms with Gasteiger partial charge in [-0.15, -0.1) is 0 Å². The summed E-state index contributed by atoms with van der Waals surface area (Å²) < 4.78 is 1.22. The minimum atomic E-state index is -0.645. The van der Waals surface area contributed by atoms with E-state index in [4.69, 9.17) is 0 Å². The molecule has 30 heavy (non-hydrogen) atoms. The summed E-state index contributed by atoms with van der Waals surface area (Å²) in [6, 6.07) is 13.8. The molecule has 0 bridgehead atoms. The first-order valence-electron chi connectivity index (χ1n) is 10.2. The van der Waals surface area contributed by atoms with Gasteiger partial charge in [-0.25, -0.2) is 4.98 Å². The number of piperazine rings is 1. The summed E-state index contributed by atoms with van der Waals surface area (Å²) in [6.45, 7) is 7.86. The van der Waals surface area contributed by atoms with Gasteiger partial charge in [0.25, 0.3) is 0 Å².